The van der Waals surface area contributed by atoms with Crippen LogP contribution in [0.2, 0.25) is 0 Å². The Bertz CT molecular complexity index is 632. The van der Waals surface area contributed by atoms with Crippen LogP contribution < -0.4 is 11.1 Å². The molecule has 0 fully saturated rings. The molecule has 5 heteroatoms. The Hall–Kier alpha value is -2.01. The van der Waals surface area contributed by atoms with Gasteiger partial charge in [0.25, 0.3) is 0 Å². The highest BCUT2D eigenvalue weighted by atomic mass is 32.2. The van der Waals surface area contributed by atoms with Crippen LogP contribution in [0.15, 0.2) is 46.5 Å². The summed E-state index contributed by atoms with van der Waals surface area (Å²) in [5.41, 5.74) is 10.4. The lowest BCUT2D eigenvalue weighted by molar-refractivity contribution is 1.01. The molecule has 4 nitrogen and oxygen atoms in total. The zero-order valence-electron chi connectivity index (χ0n) is 12.6. The summed E-state index contributed by atoms with van der Waals surface area (Å²) in [5.74, 6) is 0.419. The first kappa shape index (κ1) is 15.4. The van der Waals surface area contributed by atoms with Crippen molar-refractivity contribution in [3.05, 3.63) is 53.2 Å². The van der Waals surface area contributed by atoms with Gasteiger partial charge >= 0.3 is 0 Å². The second kappa shape index (κ2) is 7.13. The standard InChI is InChI=1S/C16H20N4S/c1-11-6-12(2)8-14(7-11)20-16(17)19-10-13-4-5-18-15(9-13)21-3/h4-9H,10H2,1-3H3,(H3,17,19,20). The highest BCUT2D eigenvalue weighted by Crippen LogP contribution is 2.14. The average molecular weight is 300 g/mol. The zero-order valence-corrected chi connectivity index (χ0v) is 13.4. The summed E-state index contributed by atoms with van der Waals surface area (Å²) >= 11 is 1.62. The number of thioether (sulfide) groups is 1. The highest BCUT2D eigenvalue weighted by Gasteiger charge is 1.99. The second-order valence-electron chi connectivity index (χ2n) is 4.91. The van der Waals surface area contributed by atoms with Crippen molar-refractivity contribution in [1.29, 1.82) is 0 Å². The number of aryl methyl sites for hydroxylation is 2. The van der Waals surface area contributed by atoms with Gasteiger partial charge in [-0.15, -0.1) is 11.8 Å². The fraction of sp³-hybridized carbons (Fsp3) is 0.250. The summed E-state index contributed by atoms with van der Waals surface area (Å²) < 4.78 is 0. The van der Waals surface area contributed by atoms with Gasteiger partial charge in [0, 0.05) is 11.9 Å². The van der Waals surface area contributed by atoms with Crippen LogP contribution in [0.4, 0.5) is 5.69 Å². The van der Waals surface area contributed by atoms with Crippen LogP contribution in [-0.4, -0.2) is 17.2 Å². The number of anilines is 1. The van der Waals surface area contributed by atoms with Crippen LogP contribution >= 0.6 is 11.8 Å². The van der Waals surface area contributed by atoms with E-state index in [2.05, 4.69) is 35.2 Å². The topological polar surface area (TPSA) is 63.3 Å². The molecule has 21 heavy (non-hydrogen) atoms. The summed E-state index contributed by atoms with van der Waals surface area (Å²) in [6, 6.07) is 10.2. The predicted molar refractivity (Wildman–Crippen MR) is 90.9 cm³/mol. The molecule has 1 aromatic carbocycles. The molecule has 0 saturated carbocycles. The number of rotatable bonds is 4. The van der Waals surface area contributed by atoms with Crippen LogP contribution in [0.5, 0.6) is 0 Å². The number of hydrogen-bond acceptors (Lipinski definition) is 3. The number of guanidine groups is 1. The molecule has 2 rings (SSSR count). The van der Waals surface area contributed by atoms with Crippen LogP contribution in [0, 0.1) is 13.8 Å². The van der Waals surface area contributed by atoms with E-state index in [1.165, 1.54) is 11.1 Å². The van der Waals surface area contributed by atoms with Crippen molar-refractivity contribution in [2.45, 2.75) is 25.4 Å². The molecule has 0 saturated heterocycles. The van der Waals surface area contributed by atoms with Crippen molar-refractivity contribution in [3.8, 4) is 0 Å². The van der Waals surface area contributed by atoms with Gasteiger partial charge in [0.1, 0.15) is 0 Å². The Labute approximate surface area is 129 Å². The van der Waals surface area contributed by atoms with Gasteiger partial charge in [-0.25, -0.2) is 9.98 Å². The summed E-state index contributed by atoms with van der Waals surface area (Å²) in [4.78, 5) is 8.61. The lowest BCUT2D eigenvalue weighted by Crippen LogP contribution is -2.22. The first-order valence-electron chi connectivity index (χ1n) is 6.71. The van der Waals surface area contributed by atoms with Gasteiger partial charge in [-0.1, -0.05) is 6.07 Å². The van der Waals surface area contributed by atoms with Crippen molar-refractivity contribution >= 4 is 23.4 Å². The smallest absolute Gasteiger partial charge is 0.193 e. The van der Waals surface area contributed by atoms with E-state index in [9.17, 15) is 0 Å². The molecular weight excluding hydrogens is 280 g/mol. The molecule has 0 spiro atoms. The van der Waals surface area contributed by atoms with Crippen molar-refractivity contribution in [2.24, 2.45) is 10.7 Å². The average Bonchev–Trinajstić information content (AvgIpc) is 2.44. The summed E-state index contributed by atoms with van der Waals surface area (Å²) in [6.07, 6.45) is 3.80. The van der Waals surface area contributed by atoms with Gasteiger partial charge in [-0.2, -0.15) is 0 Å². The summed E-state index contributed by atoms with van der Waals surface area (Å²) in [7, 11) is 0. The molecule has 2 aromatic rings. The Balaban J connectivity index is 2.03. The van der Waals surface area contributed by atoms with E-state index in [0.29, 0.717) is 12.5 Å². The Morgan fingerprint density at radius 1 is 1.24 bits per heavy atom. The summed E-state index contributed by atoms with van der Waals surface area (Å²) in [6.45, 7) is 4.67. The Morgan fingerprint density at radius 2 is 1.95 bits per heavy atom. The zero-order chi connectivity index (χ0) is 15.2. The highest BCUT2D eigenvalue weighted by molar-refractivity contribution is 7.98. The Kier molecular flexibility index (Phi) is 5.22. The molecule has 1 aromatic heterocycles. The predicted octanol–water partition coefficient (Wildman–Crippen LogP) is 3.35. The van der Waals surface area contributed by atoms with Crippen molar-refractivity contribution in [1.82, 2.24) is 4.98 Å². The maximum atomic E-state index is 5.94. The molecule has 0 atom stereocenters. The third-order valence-electron chi connectivity index (χ3n) is 2.93. The third-order valence-corrected chi connectivity index (χ3v) is 3.58. The number of pyridine rings is 1. The number of benzene rings is 1. The molecular formula is C16H20N4S. The van der Waals surface area contributed by atoms with E-state index >= 15 is 0 Å². The fourth-order valence-corrected chi connectivity index (χ4v) is 2.51. The number of nitrogens with zero attached hydrogens (tertiary/aromatic N) is 2. The van der Waals surface area contributed by atoms with Gasteiger partial charge in [0.2, 0.25) is 0 Å². The maximum absolute atomic E-state index is 5.94. The van der Waals surface area contributed by atoms with Gasteiger partial charge in [-0.3, -0.25) is 0 Å². The van der Waals surface area contributed by atoms with E-state index in [1.54, 1.807) is 18.0 Å². The molecule has 0 aliphatic rings. The van der Waals surface area contributed by atoms with E-state index in [0.717, 1.165) is 16.3 Å². The number of hydrogen-bond donors (Lipinski definition) is 2. The van der Waals surface area contributed by atoms with Crippen LogP contribution in [0.1, 0.15) is 16.7 Å². The molecule has 1 heterocycles. The van der Waals surface area contributed by atoms with E-state index in [-0.39, 0.29) is 0 Å². The van der Waals surface area contributed by atoms with E-state index in [4.69, 9.17) is 5.73 Å². The third kappa shape index (κ3) is 4.79. The lowest BCUT2D eigenvalue weighted by atomic mass is 10.1. The number of nitrogens with one attached hydrogen (secondary N) is 1. The van der Waals surface area contributed by atoms with Crippen LogP contribution in [0.3, 0.4) is 0 Å². The van der Waals surface area contributed by atoms with Gasteiger partial charge in [0.15, 0.2) is 5.96 Å². The first-order chi connectivity index (χ1) is 10.1. The normalized spacial score (nSPS) is 11.5. The molecule has 0 amide bonds. The maximum Gasteiger partial charge on any atom is 0.193 e. The minimum atomic E-state index is 0.419. The Morgan fingerprint density at radius 3 is 2.62 bits per heavy atom. The monoisotopic (exact) mass is 300 g/mol. The number of aromatic nitrogens is 1. The number of nitrogens with two attached hydrogens (primary N) is 1. The lowest BCUT2D eigenvalue weighted by Gasteiger charge is -2.08. The minimum Gasteiger partial charge on any atom is -0.370 e. The quantitative estimate of drug-likeness (QED) is 0.516. The summed E-state index contributed by atoms with van der Waals surface area (Å²) in [5, 5.41) is 4.12. The number of aliphatic imine (C=N–C) groups is 1. The van der Waals surface area contributed by atoms with Crippen molar-refractivity contribution in [3.63, 3.8) is 0 Å². The van der Waals surface area contributed by atoms with Gasteiger partial charge < -0.3 is 11.1 Å². The SMILES string of the molecule is CSc1cc(CN=C(N)Nc2cc(C)cc(C)c2)ccn1. The second-order valence-corrected chi connectivity index (χ2v) is 5.74. The molecule has 0 radical (unpaired) electrons. The molecule has 0 aliphatic carbocycles. The first-order valence-corrected chi connectivity index (χ1v) is 7.93. The van der Waals surface area contributed by atoms with E-state index < -0.39 is 0 Å². The molecule has 3 N–H and O–H groups in total. The van der Waals surface area contributed by atoms with Gasteiger partial charge in [-0.05, 0) is 61.1 Å². The molecule has 110 valence electrons. The minimum absolute atomic E-state index is 0.419. The fourth-order valence-electron chi connectivity index (χ4n) is 2.07. The largest absolute Gasteiger partial charge is 0.370 e. The van der Waals surface area contributed by atoms with Crippen molar-refractivity contribution < 1.29 is 0 Å². The van der Waals surface area contributed by atoms with Crippen LogP contribution in [-0.2, 0) is 6.54 Å². The molecule has 0 aliphatic heterocycles. The van der Waals surface area contributed by atoms with E-state index in [1.807, 2.05) is 30.5 Å². The van der Waals surface area contributed by atoms with Crippen molar-refractivity contribution in [2.75, 3.05) is 11.6 Å². The van der Waals surface area contributed by atoms with Crippen LogP contribution in [0.25, 0.3) is 0 Å². The van der Waals surface area contributed by atoms with Gasteiger partial charge in [0.05, 0.1) is 11.6 Å². The molecule has 0 unspecified atom stereocenters. The molecule has 0 bridgehead atoms.